The van der Waals surface area contributed by atoms with Gasteiger partial charge in [-0.1, -0.05) is 13.8 Å². The Morgan fingerprint density at radius 3 is 1.33 bits per heavy atom. The van der Waals surface area contributed by atoms with Gasteiger partial charge < -0.3 is 0 Å². The summed E-state index contributed by atoms with van der Waals surface area (Å²) in [5.41, 5.74) is -1.06. The summed E-state index contributed by atoms with van der Waals surface area (Å²) in [5, 5.41) is 8.89. The summed E-state index contributed by atoms with van der Waals surface area (Å²) < 4.78 is 0. The average molecular weight is 350 g/mol. The Morgan fingerprint density at radius 2 is 1.04 bits per heavy atom. The first-order chi connectivity index (χ1) is 11.1. The van der Waals surface area contributed by atoms with E-state index in [0.29, 0.717) is 25.7 Å². The van der Waals surface area contributed by atoms with Gasteiger partial charge in [0.05, 0.1) is 0 Å². The average Bonchev–Trinajstić information content (AvgIpc) is 2.51. The maximum Gasteiger partial charge on any atom is 0.345 e. The third-order valence-corrected chi connectivity index (χ3v) is 3.49. The van der Waals surface area contributed by atoms with Gasteiger partial charge in [-0.2, -0.15) is 9.78 Å². The second-order valence-corrected chi connectivity index (χ2v) is 6.65. The molecule has 0 N–H and O–H groups in total. The van der Waals surface area contributed by atoms with Crippen molar-refractivity contribution in [2.24, 2.45) is 0 Å². The van der Waals surface area contributed by atoms with Crippen LogP contribution in [0.25, 0.3) is 0 Å². The van der Waals surface area contributed by atoms with Crippen molar-refractivity contribution in [3.8, 4) is 0 Å². The fourth-order valence-electron chi connectivity index (χ4n) is 1.03. The Balaban J connectivity index is 3.64. The van der Waals surface area contributed by atoms with Crippen molar-refractivity contribution >= 4 is 11.9 Å². The lowest BCUT2D eigenvalue weighted by Gasteiger charge is -2.19. The molecule has 0 bridgehead atoms. The lowest BCUT2D eigenvalue weighted by molar-refractivity contribution is -0.517. The number of carbonyl (C=O) groups excluding carboxylic acids is 2. The maximum absolute atomic E-state index is 11.4. The molecule has 0 spiro atoms. The minimum absolute atomic E-state index is 0.101. The first-order valence-corrected chi connectivity index (χ1v) is 8.22. The van der Waals surface area contributed by atoms with Crippen LogP contribution < -0.4 is 0 Å². The smallest absolute Gasteiger partial charge is 0.269 e. The quantitative estimate of drug-likeness (QED) is 0.282. The normalized spacial score (nSPS) is 12.1. The lowest BCUT2D eigenvalue weighted by atomic mass is 10.1. The Kier molecular flexibility index (Phi) is 10.8. The van der Waals surface area contributed by atoms with Gasteiger partial charge in [-0.3, -0.25) is 9.78 Å². The fourth-order valence-corrected chi connectivity index (χ4v) is 1.03. The second kappa shape index (κ2) is 11.4. The van der Waals surface area contributed by atoms with E-state index in [0.717, 1.165) is 0 Å². The zero-order valence-electron chi connectivity index (χ0n) is 15.5. The summed E-state index contributed by atoms with van der Waals surface area (Å²) >= 11 is 0. The Labute approximate surface area is 143 Å². The molecule has 0 saturated heterocycles. The standard InChI is InChI=1S/C16H30O8/c1-7-15(3,4)21-23-19-13(17)11-9-10-12-14(18)20-24-22-16(5,6)8-2/h7-12H2,1-6H3. The molecule has 0 aromatic heterocycles. The van der Waals surface area contributed by atoms with Crippen molar-refractivity contribution in [3.63, 3.8) is 0 Å². The van der Waals surface area contributed by atoms with Crippen molar-refractivity contribution in [2.45, 2.75) is 91.3 Å². The van der Waals surface area contributed by atoms with Crippen LogP contribution in [0.4, 0.5) is 0 Å². The van der Waals surface area contributed by atoms with Gasteiger partial charge >= 0.3 is 11.9 Å². The highest BCUT2D eigenvalue weighted by Crippen LogP contribution is 2.15. The fraction of sp³-hybridized carbons (Fsp3) is 0.875. The predicted molar refractivity (Wildman–Crippen MR) is 83.7 cm³/mol. The van der Waals surface area contributed by atoms with Crippen molar-refractivity contribution < 1.29 is 39.2 Å². The highest BCUT2D eigenvalue weighted by atomic mass is 17.5. The van der Waals surface area contributed by atoms with Crippen molar-refractivity contribution in [1.29, 1.82) is 0 Å². The van der Waals surface area contributed by atoms with Crippen LogP contribution in [0.2, 0.25) is 0 Å². The van der Waals surface area contributed by atoms with Crippen LogP contribution in [-0.4, -0.2) is 23.1 Å². The van der Waals surface area contributed by atoms with Gasteiger partial charge in [0.2, 0.25) is 0 Å². The van der Waals surface area contributed by atoms with Gasteiger partial charge in [-0.25, -0.2) is 9.59 Å². The van der Waals surface area contributed by atoms with E-state index < -0.39 is 23.1 Å². The number of carbonyl (C=O) groups is 2. The number of hydrogen-bond donors (Lipinski definition) is 0. The molecule has 0 aromatic rings. The predicted octanol–water partition coefficient (Wildman–Crippen LogP) is 3.74. The third kappa shape index (κ3) is 12.2. The molecule has 0 unspecified atom stereocenters. The zero-order chi connectivity index (χ0) is 18.6. The molecule has 0 radical (unpaired) electrons. The summed E-state index contributed by atoms with van der Waals surface area (Å²) in [6.45, 7) is 11.1. The molecule has 0 atom stereocenters. The Bertz CT molecular complexity index is 342. The lowest BCUT2D eigenvalue weighted by Crippen LogP contribution is -2.24. The van der Waals surface area contributed by atoms with Gasteiger partial charge in [0.25, 0.3) is 0 Å². The summed E-state index contributed by atoms with van der Waals surface area (Å²) in [4.78, 5) is 41.6. The van der Waals surface area contributed by atoms with Crippen LogP contribution in [0.3, 0.4) is 0 Å². The van der Waals surface area contributed by atoms with Gasteiger partial charge in [0, 0.05) is 12.8 Å². The molecular formula is C16H30O8. The minimum atomic E-state index is -0.570. The molecule has 0 aliphatic heterocycles. The molecule has 8 heteroatoms. The minimum Gasteiger partial charge on any atom is -0.269 e. The number of rotatable bonds is 13. The highest BCUT2D eigenvalue weighted by molar-refractivity contribution is 5.69. The van der Waals surface area contributed by atoms with E-state index >= 15 is 0 Å². The Hall–Kier alpha value is -1.22. The summed E-state index contributed by atoms with van der Waals surface area (Å²) in [6.07, 6.45) is 2.49. The molecule has 0 aromatic carbocycles. The first kappa shape index (κ1) is 22.8. The summed E-state index contributed by atoms with van der Waals surface area (Å²) in [5.74, 6) is -1.14. The van der Waals surface area contributed by atoms with Crippen molar-refractivity contribution in [3.05, 3.63) is 0 Å². The number of hydrogen-bond acceptors (Lipinski definition) is 8. The van der Waals surface area contributed by atoms with E-state index in [9.17, 15) is 9.59 Å². The molecule has 0 aliphatic rings. The van der Waals surface area contributed by atoms with E-state index in [4.69, 9.17) is 9.78 Å². The number of unbranched alkanes of at least 4 members (excludes halogenated alkanes) is 1. The van der Waals surface area contributed by atoms with Crippen LogP contribution >= 0.6 is 0 Å². The second-order valence-electron chi connectivity index (χ2n) is 6.65. The van der Waals surface area contributed by atoms with Crippen LogP contribution in [0.5, 0.6) is 0 Å². The van der Waals surface area contributed by atoms with Gasteiger partial charge in [0.1, 0.15) is 11.2 Å². The third-order valence-electron chi connectivity index (χ3n) is 3.49. The van der Waals surface area contributed by atoms with Crippen LogP contribution in [0.15, 0.2) is 0 Å². The Morgan fingerprint density at radius 1 is 0.708 bits per heavy atom. The molecule has 0 saturated carbocycles. The molecule has 24 heavy (non-hydrogen) atoms. The van der Waals surface area contributed by atoms with E-state index in [1.807, 2.05) is 13.8 Å². The van der Waals surface area contributed by atoms with E-state index in [-0.39, 0.29) is 12.8 Å². The molecule has 0 aliphatic carbocycles. The molecular weight excluding hydrogens is 320 g/mol. The molecule has 0 fully saturated rings. The van der Waals surface area contributed by atoms with Gasteiger partial charge in [-0.05, 0) is 63.5 Å². The van der Waals surface area contributed by atoms with E-state index in [2.05, 4.69) is 19.9 Å². The van der Waals surface area contributed by atoms with Crippen molar-refractivity contribution in [2.75, 3.05) is 0 Å². The summed E-state index contributed by atoms with van der Waals surface area (Å²) in [6, 6.07) is 0. The maximum atomic E-state index is 11.4. The molecule has 8 nitrogen and oxygen atoms in total. The molecule has 0 rings (SSSR count). The van der Waals surface area contributed by atoms with Crippen LogP contribution in [0.1, 0.15) is 80.1 Å². The van der Waals surface area contributed by atoms with Crippen LogP contribution in [0, 0.1) is 0 Å². The van der Waals surface area contributed by atoms with E-state index in [1.165, 1.54) is 0 Å². The van der Waals surface area contributed by atoms with E-state index in [1.54, 1.807) is 27.7 Å². The van der Waals surface area contributed by atoms with Crippen molar-refractivity contribution in [1.82, 2.24) is 0 Å². The van der Waals surface area contributed by atoms with Gasteiger partial charge in [0.15, 0.2) is 0 Å². The highest BCUT2D eigenvalue weighted by Gasteiger charge is 2.19. The monoisotopic (exact) mass is 350 g/mol. The molecule has 0 heterocycles. The first-order valence-electron chi connectivity index (χ1n) is 8.22. The topological polar surface area (TPSA) is 89.5 Å². The molecule has 142 valence electrons. The molecule has 0 amide bonds. The van der Waals surface area contributed by atoms with Gasteiger partial charge in [-0.15, -0.1) is 0 Å². The summed E-state index contributed by atoms with van der Waals surface area (Å²) in [7, 11) is 0. The SMILES string of the molecule is CCC(C)(C)OOOC(=O)CCCCC(=O)OOOC(C)(C)CC. The largest absolute Gasteiger partial charge is 0.345 e. The van der Waals surface area contributed by atoms with Crippen LogP contribution in [-0.2, 0) is 39.2 Å². The zero-order valence-corrected chi connectivity index (χ0v) is 15.5.